The van der Waals surface area contributed by atoms with Crippen LogP contribution in [0.25, 0.3) is 17.0 Å². The number of nitrogens with one attached hydrogen (secondary N) is 1. The summed E-state index contributed by atoms with van der Waals surface area (Å²) in [5.41, 5.74) is 7.14. The standard InChI is InChI=1S/C19H13Cl2N3O2/c20-13-4-2-5-14(21)17(13)19(26)24-15-6-1-3-12-9-11(7-8-16(22)25)10-23-18(12)15/h1-10H,(H2,22,25)(H,24,26). The summed E-state index contributed by atoms with van der Waals surface area (Å²) in [7, 11) is 0. The zero-order valence-corrected chi connectivity index (χ0v) is 14.9. The molecule has 0 unspecified atom stereocenters. The first-order valence-electron chi connectivity index (χ1n) is 7.57. The van der Waals surface area contributed by atoms with Gasteiger partial charge in [0.25, 0.3) is 5.91 Å². The third-order valence-electron chi connectivity index (χ3n) is 3.61. The van der Waals surface area contributed by atoms with E-state index in [1.807, 2.05) is 12.1 Å². The van der Waals surface area contributed by atoms with Gasteiger partial charge in [-0.15, -0.1) is 0 Å². The minimum atomic E-state index is -0.539. The van der Waals surface area contributed by atoms with E-state index in [1.165, 1.54) is 6.08 Å². The average Bonchev–Trinajstić information content (AvgIpc) is 2.60. The van der Waals surface area contributed by atoms with Crippen LogP contribution >= 0.6 is 23.2 Å². The number of halogens is 2. The van der Waals surface area contributed by atoms with Gasteiger partial charge < -0.3 is 11.1 Å². The largest absolute Gasteiger partial charge is 0.366 e. The summed E-state index contributed by atoms with van der Waals surface area (Å²) in [6.45, 7) is 0. The number of pyridine rings is 1. The van der Waals surface area contributed by atoms with E-state index in [1.54, 1.807) is 42.6 Å². The fourth-order valence-corrected chi connectivity index (χ4v) is 3.02. The Morgan fingerprint density at radius 2 is 1.77 bits per heavy atom. The van der Waals surface area contributed by atoms with Crippen LogP contribution in [-0.2, 0) is 4.79 Å². The lowest BCUT2D eigenvalue weighted by Crippen LogP contribution is -2.13. The van der Waals surface area contributed by atoms with Gasteiger partial charge in [0, 0.05) is 17.7 Å². The van der Waals surface area contributed by atoms with Gasteiger partial charge in [-0.3, -0.25) is 14.6 Å². The van der Waals surface area contributed by atoms with Gasteiger partial charge >= 0.3 is 0 Å². The number of nitrogens with two attached hydrogens (primary N) is 1. The molecule has 5 nitrogen and oxygen atoms in total. The number of carbonyl (C=O) groups is 2. The molecule has 0 saturated carbocycles. The minimum absolute atomic E-state index is 0.203. The third-order valence-corrected chi connectivity index (χ3v) is 4.24. The number of hydrogen-bond acceptors (Lipinski definition) is 3. The third kappa shape index (κ3) is 3.85. The van der Waals surface area contributed by atoms with E-state index < -0.39 is 11.8 Å². The second-order valence-corrected chi connectivity index (χ2v) is 6.25. The van der Waals surface area contributed by atoms with Gasteiger partial charge in [-0.1, -0.05) is 41.4 Å². The van der Waals surface area contributed by atoms with Crippen LogP contribution in [0.15, 0.2) is 54.7 Å². The predicted octanol–water partition coefficient (Wildman–Crippen LogP) is 4.29. The molecule has 0 aliphatic heterocycles. The Kier molecular flexibility index (Phi) is 5.21. The summed E-state index contributed by atoms with van der Waals surface area (Å²) >= 11 is 12.2. The molecule has 2 amide bonds. The number of aromatic nitrogens is 1. The van der Waals surface area contributed by atoms with Crippen molar-refractivity contribution in [1.29, 1.82) is 0 Å². The van der Waals surface area contributed by atoms with E-state index in [2.05, 4.69) is 10.3 Å². The molecular formula is C19H13Cl2N3O2. The lowest BCUT2D eigenvalue weighted by Gasteiger charge is -2.10. The molecule has 0 aliphatic carbocycles. The van der Waals surface area contributed by atoms with Crippen LogP contribution in [-0.4, -0.2) is 16.8 Å². The molecule has 1 aromatic heterocycles. The minimum Gasteiger partial charge on any atom is -0.366 e. The van der Waals surface area contributed by atoms with Crippen molar-refractivity contribution in [3.63, 3.8) is 0 Å². The second-order valence-electron chi connectivity index (χ2n) is 5.43. The smallest absolute Gasteiger partial charge is 0.258 e. The predicted molar refractivity (Wildman–Crippen MR) is 104 cm³/mol. The maximum Gasteiger partial charge on any atom is 0.258 e. The Bertz CT molecular complexity index is 1030. The highest BCUT2D eigenvalue weighted by molar-refractivity contribution is 6.40. The molecule has 0 bridgehead atoms. The molecule has 0 atom stereocenters. The number of rotatable bonds is 4. The van der Waals surface area contributed by atoms with Crippen LogP contribution in [0, 0.1) is 0 Å². The highest BCUT2D eigenvalue weighted by Gasteiger charge is 2.16. The number of anilines is 1. The van der Waals surface area contributed by atoms with Gasteiger partial charge in [0.2, 0.25) is 5.91 Å². The van der Waals surface area contributed by atoms with Crippen LogP contribution in [0.3, 0.4) is 0 Å². The molecule has 0 radical (unpaired) electrons. The number of amides is 2. The number of para-hydroxylation sites is 1. The molecule has 7 heteroatoms. The summed E-state index contributed by atoms with van der Waals surface area (Å²) in [5.74, 6) is -0.963. The summed E-state index contributed by atoms with van der Waals surface area (Å²) < 4.78 is 0. The molecular weight excluding hydrogens is 373 g/mol. The van der Waals surface area contributed by atoms with Crippen LogP contribution in [0.1, 0.15) is 15.9 Å². The Morgan fingerprint density at radius 1 is 1.08 bits per heavy atom. The Hall–Kier alpha value is -2.89. The highest BCUT2D eigenvalue weighted by atomic mass is 35.5. The number of fused-ring (bicyclic) bond motifs is 1. The lowest BCUT2D eigenvalue weighted by atomic mass is 10.1. The van der Waals surface area contributed by atoms with Crippen molar-refractivity contribution in [3.05, 3.63) is 75.9 Å². The van der Waals surface area contributed by atoms with Crippen molar-refractivity contribution in [2.75, 3.05) is 5.32 Å². The normalized spacial score (nSPS) is 11.0. The molecule has 0 fully saturated rings. The lowest BCUT2D eigenvalue weighted by molar-refractivity contribution is -0.113. The number of nitrogens with zero attached hydrogens (tertiary/aromatic N) is 1. The maximum atomic E-state index is 12.6. The number of benzene rings is 2. The number of primary amides is 1. The van der Waals surface area contributed by atoms with E-state index >= 15 is 0 Å². The van der Waals surface area contributed by atoms with Crippen molar-refractivity contribution < 1.29 is 9.59 Å². The molecule has 26 heavy (non-hydrogen) atoms. The van der Waals surface area contributed by atoms with E-state index in [4.69, 9.17) is 28.9 Å². The van der Waals surface area contributed by atoms with Crippen molar-refractivity contribution in [2.45, 2.75) is 0 Å². The summed E-state index contributed by atoms with van der Waals surface area (Å²) in [4.78, 5) is 27.8. The molecule has 0 spiro atoms. The zero-order chi connectivity index (χ0) is 18.7. The molecule has 1 heterocycles. The summed E-state index contributed by atoms with van der Waals surface area (Å²) in [5, 5.41) is 4.11. The highest BCUT2D eigenvalue weighted by Crippen LogP contribution is 2.27. The molecule has 3 N–H and O–H groups in total. The second kappa shape index (κ2) is 7.56. The van der Waals surface area contributed by atoms with E-state index in [0.29, 0.717) is 16.8 Å². The Balaban J connectivity index is 1.96. The quantitative estimate of drug-likeness (QED) is 0.656. The summed E-state index contributed by atoms with van der Waals surface area (Å²) in [6, 6.07) is 12.1. The Labute approximate surface area is 159 Å². The Morgan fingerprint density at radius 3 is 2.46 bits per heavy atom. The zero-order valence-electron chi connectivity index (χ0n) is 13.4. The first-order valence-corrected chi connectivity index (χ1v) is 8.33. The van der Waals surface area contributed by atoms with Crippen LogP contribution in [0.5, 0.6) is 0 Å². The SMILES string of the molecule is NC(=O)C=Cc1cnc2c(NC(=O)c3c(Cl)cccc3Cl)cccc2c1. The fourth-order valence-electron chi connectivity index (χ4n) is 2.45. The fraction of sp³-hybridized carbons (Fsp3) is 0. The van der Waals surface area contributed by atoms with Crippen LogP contribution < -0.4 is 11.1 Å². The molecule has 0 aliphatic rings. The molecule has 130 valence electrons. The van der Waals surface area contributed by atoms with Gasteiger partial charge in [-0.25, -0.2) is 0 Å². The van der Waals surface area contributed by atoms with Crippen LogP contribution in [0.4, 0.5) is 5.69 Å². The monoisotopic (exact) mass is 385 g/mol. The maximum absolute atomic E-state index is 12.6. The van der Waals surface area contributed by atoms with Crippen molar-refractivity contribution >= 4 is 57.7 Å². The van der Waals surface area contributed by atoms with Crippen molar-refractivity contribution in [1.82, 2.24) is 4.98 Å². The van der Waals surface area contributed by atoms with E-state index in [9.17, 15) is 9.59 Å². The van der Waals surface area contributed by atoms with Crippen LogP contribution in [0.2, 0.25) is 10.0 Å². The van der Waals surface area contributed by atoms with Gasteiger partial charge in [0.05, 0.1) is 26.8 Å². The van der Waals surface area contributed by atoms with Gasteiger partial charge in [-0.2, -0.15) is 0 Å². The summed E-state index contributed by atoms with van der Waals surface area (Å²) in [6.07, 6.45) is 4.41. The van der Waals surface area contributed by atoms with E-state index in [0.717, 1.165) is 5.39 Å². The molecule has 2 aromatic carbocycles. The van der Waals surface area contributed by atoms with Gasteiger partial charge in [-0.05, 0) is 35.9 Å². The average molecular weight is 386 g/mol. The molecule has 0 saturated heterocycles. The first-order chi connectivity index (χ1) is 12.5. The topological polar surface area (TPSA) is 85.1 Å². The number of carbonyl (C=O) groups excluding carboxylic acids is 2. The van der Waals surface area contributed by atoms with Gasteiger partial charge in [0.1, 0.15) is 0 Å². The molecule has 3 rings (SSSR count). The van der Waals surface area contributed by atoms with Crippen molar-refractivity contribution in [3.8, 4) is 0 Å². The first kappa shape index (κ1) is 17.9. The molecule has 3 aromatic rings. The van der Waals surface area contributed by atoms with Crippen molar-refractivity contribution in [2.24, 2.45) is 5.73 Å². The van der Waals surface area contributed by atoms with E-state index in [-0.39, 0.29) is 15.6 Å². The van der Waals surface area contributed by atoms with Gasteiger partial charge in [0.15, 0.2) is 0 Å². The number of hydrogen-bond donors (Lipinski definition) is 2.